The van der Waals surface area contributed by atoms with Gasteiger partial charge >= 0.3 is 0 Å². The third-order valence-corrected chi connectivity index (χ3v) is 5.19. The van der Waals surface area contributed by atoms with Crippen LogP contribution in [0.1, 0.15) is 30.4 Å². The van der Waals surface area contributed by atoms with E-state index in [-0.39, 0.29) is 0 Å². The van der Waals surface area contributed by atoms with Crippen molar-refractivity contribution < 1.29 is 0 Å². The van der Waals surface area contributed by atoms with Crippen molar-refractivity contribution in [2.45, 2.75) is 39.2 Å². The van der Waals surface area contributed by atoms with Gasteiger partial charge in [-0.05, 0) is 63.5 Å². The number of benzene rings is 1. The highest BCUT2D eigenvalue weighted by molar-refractivity contribution is 6.54. The lowest BCUT2D eigenvalue weighted by molar-refractivity contribution is 0.240. The molecule has 0 unspecified atom stereocenters. The average molecular weight is 245 g/mol. The first kappa shape index (κ1) is 12.8. The minimum Gasteiger partial charge on any atom is -0.304 e. The Kier molecular flexibility index (Phi) is 4.81. The number of hydrogen-bond acceptors (Lipinski definition) is 1. The van der Waals surface area contributed by atoms with E-state index in [1.54, 1.807) is 5.19 Å². The Balaban J connectivity index is 1.79. The van der Waals surface area contributed by atoms with Crippen LogP contribution in [0.5, 0.6) is 0 Å². The number of rotatable bonds is 4. The number of likely N-dealkylation sites (tertiary alicyclic amines) is 1. The van der Waals surface area contributed by atoms with Gasteiger partial charge in [0.2, 0.25) is 0 Å². The van der Waals surface area contributed by atoms with Crippen LogP contribution >= 0.6 is 0 Å². The molecule has 1 nitrogen and oxygen atoms in total. The molecule has 1 fully saturated rings. The van der Waals surface area contributed by atoms with Gasteiger partial charge in [-0.3, -0.25) is 0 Å². The lowest BCUT2D eigenvalue weighted by atomic mass is 10.1. The monoisotopic (exact) mass is 245 g/mol. The van der Waals surface area contributed by atoms with Crippen LogP contribution in [-0.2, 0) is 0 Å². The molecule has 1 heterocycles. The second kappa shape index (κ2) is 6.36. The zero-order valence-electron chi connectivity index (χ0n) is 11.1. The lowest BCUT2D eigenvalue weighted by Crippen LogP contribution is -2.32. The molecule has 92 valence electrons. The van der Waals surface area contributed by atoms with Crippen molar-refractivity contribution in [1.82, 2.24) is 4.90 Å². The highest BCUT2D eigenvalue weighted by atomic mass is 28.2. The Morgan fingerprint density at radius 1 is 1.12 bits per heavy atom. The molecule has 0 saturated carbocycles. The van der Waals surface area contributed by atoms with Crippen molar-refractivity contribution in [3.8, 4) is 0 Å². The molecule has 0 bridgehead atoms. The fraction of sp³-hybridized carbons (Fsp3) is 0.600. The summed E-state index contributed by atoms with van der Waals surface area (Å²) in [4.78, 5) is 2.64. The molecule has 0 amide bonds. The minimum absolute atomic E-state index is 0.982. The van der Waals surface area contributed by atoms with E-state index in [2.05, 4.69) is 36.9 Å². The highest BCUT2D eigenvalue weighted by Crippen LogP contribution is 2.09. The second-order valence-electron chi connectivity index (χ2n) is 5.08. The van der Waals surface area contributed by atoms with Crippen LogP contribution in [0.3, 0.4) is 0 Å². The van der Waals surface area contributed by atoms with Gasteiger partial charge < -0.3 is 4.90 Å². The maximum atomic E-state index is 2.64. The summed E-state index contributed by atoms with van der Waals surface area (Å²) in [6, 6.07) is 8.06. The topological polar surface area (TPSA) is 3.24 Å². The summed E-state index contributed by atoms with van der Waals surface area (Å²) in [5.41, 5.74) is 2.94. The maximum absolute atomic E-state index is 2.64. The van der Waals surface area contributed by atoms with Crippen molar-refractivity contribution in [2.24, 2.45) is 0 Å². The van der Waals surface area contributed by atoms with Gasteiger partial charge in [0.15, 0.2) is 0 Å². The van der Waals surface area contributed by atoms with Crippen LogP contribution in [0, 0.1) is 13.8 Å². The quantitative estimate of drug-likeness (QED) is 0.737. The Labute approximate surface area is 108 Å². The molecule has 2 radical (unpaired) electrons. The molecule has 1 aliphatic heterocycles. The fourth-order valence-corrected chi connectivity index (χ4v) is 3.85. The first-order valence-electron chi connectivity index (χ1n) is 6.80. The molecule has 1 aromatic rings. The molecule has 1 aromatic carbocycles. The number of aryl methyl sites for hydroxylation is 1. The van der Waals surface area contributed by atoms with E-state index in [9.17, 15) is 0 Å². The normalized spacial score (nSPS) is 17.3. The second-order valence-corrected chi connectivity index (χ2v) is 6.47. The molecular formula is C15H23NSi. The fourth-order valence-electron chi connectivity index (χ4n) is 2.47. The molecular weight excluding hydrogens is 222 g/mol. The third kappa shape index (κ3) is 3.68. The van der Waals surface area contributed by atoms with E-state index in [0.29, 0.717) is 0 Å². The van der Waals surface area contributed by atoms with Crippen molar-refractivity contribution in [1.29, 1.82) is 0 Å². The Morgan fingerprint density at radius 2 is 1.88 bits per heavy atom. The molecule has 2 rings (SSSR count). The van der Waals surface area contributed by atoms with Gasteiger partial charge in [0, 0.05) is 0 Å². The molecule has 1 aliphatic rings. The first-order chi connectivity index (χ1) is 8.27. The SMILES string of the molecule is Cc1cccc([Si]CCN2CCCCC2)c1C. The van der Waals surface area contributed by atoms with Gasteiger partial charge in [0.25, 0.3) is 0 Å². The van der Waals surface area contributed by atoms with Crippen LogP contribution in [0.2, 0.25) is 6.04 Å². The predicted molar refractivity (Wildman–Crippen MR) is 76.4 cm³/mol. The molecule has 0 spiro atoms. The van der Waals surface area contributed by atoms with Gasteiger partial charge in [-0.25, -0.2) is 0 Å². The van der Waals surface area contributed by atoms with E-state index >= 15 is 0 Å². The van der Waals surface area contributed by atoms with Crippen molar-refractivity contribution in [3.63, 3.8) is 0 Å². The van der Waals surface area contributed by atoms with Crippen molar-refractivity contribution >= 4 is 14.7 Å². The summed E-state index contributed by atoms with van der Waals surface area (Å²) < 4.78 is 0. The van der Waals surface area contributed by atoms with Crippen LogP contribution in [0.25, 0.3) is 0 Å². The van der Waals surface area contributed by atoms with Crippen LogP contribution in [0.4, 0.5) is 0 Å². The molecule has 0 atom stereocenters. The molecule has 0 aromatic heterocycles. The van der Waals surface area contributed by atoms with Gasteiger partial charge in [-0.2, -0.15) is 0 Å². The molecule has 2 heteroatoms. The summed E-state index contributed by atoms with van der Waals surface area (Å²) in [7, 11) is 0.982. The largest absolute Gasteiger partial charge is 0.304 e. The molecule has 0 N–H and O–H groups in total. The molecule has 1 saturated heterocycles. The average Bonchev–Trinajstić information content (AvgIpc) is 2.36. The predicted octanol–water partition coefficient (Wildman–Crippen LogP) is 2.54. The minimum atomic E-state index is 0.982. The Hall–Kier alpha value is -0.603. The zero-order valence-corrected chi connectivity index (χ0v) is 12.1. The summed E-state index contributed by atoms with van der Waals surface area (Å²) >= 11 is 0. The van der Waals surface area contributed by atoms with E-state index in [1.807, 2.05) is 0 Å². The van der Waals surface area contributed by atoms with E-state index < -0.39 is 0 Å². The van der Waals surface area contributed by atoms with Crippen molar-refractivity contribution in [3.05, 3.63) is 29.3 Å². The van der Waals surface area contributed by atoms with Crippen molar-refractivity contribution in [2.75, 3.05) is 19.6 Å². The highest BCUT2D eigenvalue weighted by Gasteiger charge is 2.10. The third-order valence-electron chi connectivity index (χ3n) is 3.80. The zero-order chi connectivity index (χ0) is 12.1. The van der Waals surface area contributed by atoms with Gasteiger partial charge in [-0.15, -0.1) is 0 Å². The first-order valence-corrected chi connectivity index (χ1v) is 8.00. The standard InChI is InChI=1S/C15H23NSi/c1-13-7-6-8-15(14(13)2)17-12-11-16-9-4-3-5-10-16/h6-8H,3-5,9-12H2,1-2H3. The Bertz CT molecular complexity index is 356. The van der Waals surface area contributed by atoms with E-state index in [0.717, 1.165) is 9.52 Å². The van der Waals surface area contributed by atoms with Gasteiger partial charge in [0.1, 0.15) is 0 Å². The molecule has 0 aliphatic carbocycles. The van der Waals surface area contributed by atoms with Crippen LogP contribution in [-0.4, -0.2) is 34.1 Å². The smallest absolute Gasteiger partial charge is 0.0824 e. The van der Waals surface area contributed by atoms with Gasteiger partial charge in [0.05, 0.1) is 9.52 Å². The van der Waals surface area contributed by atoms with E-state index in [1.165, 1.54) is 56.1 Å². The summed E-state index contributed by atoms with van der Waals surface area (Å²) in [6.45, 7) is 8.44. The van der Waals surface area contributed by atoms with Crippen LogP contribution < -0.4 is 5.19 Å². The number of piperidine rings is 1. The number of nitrogens with zero attached hydrogens (tertiary/aromatic N) is 1. The lowest BCUT2D eigenvalue weighted by Gasteiger charge is -2.26. The number of hydrogen-bond donors (Lipinski definition) is 0. The van der Waals surface area contributed by atoms with Crippen LogP contribution in [0.15, 0.2) is 18.2 Å². The summed E-state index contributed by atoms with van der Waals surface area (Å²) in [6.07, 6.45) is 4.26. The van der Waals surface area contributed by atoms with E-state index in [4.69, 9.17) is 0 Å². The van der Waals surface area contributed by atoms with Gasteiger partial charge in [-0.1, -0.05) is 29.8 Å². The summed E-state index contributed by atoms with van der Waals surface area (Å²) in [5, 5.41) is 1.57. The molecule has 17 heavy (non-hydrogen) atoms. The maximum Gasteiger partial charge on any atom is 0.0824 e. The summed E-state index contributed by atoms with van der Waals surface area (Å²) in [5.74, 6) is 0. The Morgan fingerprint density at radius 3 is 2.65 bits per heavy atom.